The highest BCUT2D eigenvalue weighted by Crippen LogP contribution is 2.20. The summed E-state index contributed by atoms with van der Waals surface area (Å²) in [6.45, 7) is 7.48. The molecule has 0 spiro atoms. The topological polar surface area (TPSA) is 69.3 Å². The van der Waals surface area contributed by atoms with E-state index < -0.39 is 5.66 Å². The minimum Gasteiger partial charge on any atom is -0.362 e. The van der Waals surface area contributed by atoms with Crippen LogP contribution in [0, 0.1) is 5.92 Å². The molecule has 0 radical (unpaired) electrons. The van der Waals surface area contributed by atoms with E-state index in [2.05, 4.69) is 39.7 Å². The quantitative estimate of drug-likeness (QED) is 0.698. The largest absolute Gasteiger partial charge is 0.362 e. The third kappa shape index (κ3) is 5.09. The van der Waals surface area contributed by atoms with E-state index in [0.29, 0.717) is 22.8 Å². The minimum absolute atomic E-state index is 0.197. The molecule has 146 valence electrons. The molecule has 3 heterocycles. The van der Waals surface area contributed by atoms with Crippen molar-refractivity contribution in [2.24, 2.45) is 5.92 Å². The van der Waals surface area contributed by atoms with Gasteiger partial charge in [0.1, 0.15) is 5.82 Å². The van der Waals surface area contributed by atoms with Crippen LogP contribution >= 0.6 is 11.6 Å². The standard InChI is InChI=1S/C20H28ClN5O/c1-15(2)26-11-7-16(8-12-26)13-24-20(9-3-4-10-23-20)19(27)25-18-6-5-17(21)14-22-18/h3-6,9-10,14-16,23-24H,7-8,11-13H2,1-2H3,(H,22,25,27). The van der Waals surface area contributed by atoms with Gasteiger partial charge in [0.15, 0.2) is 5.66 Å². The highest BCUT2D eigenvalue weighted by Gasteiger charge is 2.36. The molecule has 2 aliphatic heterocycles. The summed E-state index contributed by atoms with van der Waals surface area (Å²) < 4.78 is 0. The van der Waals surface area contributed by atoms with Crippen LogP contribution in [0.25, 0.3) is 0 Å². The Morgan fingerprint density at radius 2 is 2.15 bits per heavy atom. The number of rotatable bonds is 6. The number of hydrogen-bond donors (Lipinski definition) is 3. The number of dihydropyridines is 1. The Balaban J connectivity index is 1.61. The van der Waals surface area contributed by atoms with Crippen LogP contribution in [-0.2, 0) is 4.79 Å². The average Bonchev–Trinajstić information content (AvgIpc) is 2.69. The molecular weight excluding hydrogens is 362 g/mol. The van der Waals surface area contributed by atoms with Crippen LogP contribution in [-0.4, -0.2) is 47.1 Å². The maximum Gasteiger partial charge on any atom is 0.270 e. The summed E-state index contributed by atoms with van der Waals surface area (Å²) in [4.78, 5) is 19.6. The molecule has 1 atom stereocenters. The third-order valence-electron chi connectivity index (χ3n) is 5.24. The van der Waals surface area contributed by atoms with Crippen molar-refractivity contribution in [3.8, 4) is 0 Å². The van der Waals surface area contributed by atoms with E-state index in [1.807, 2.05) is 18.2 Å². The molecular formula is C20H28ClN5O. The fraction of sp³-hybridized carbons (Fsp3) is 0.500. The summed E-state index contributed by atoms with van der Waals surface area (Å²) in [5, 5.41) is 10.0. The number of hydrogen-bond acceptors (Lipinski definition) is 5. The molecule has 1 unspecified atom stereocenters. The second kappa shape index (κ2) is 8.87. The van der Waals surface area contributed by atoms with E-state index in [-0.39, 0.29) is 5.91 Å². The number of aromatic nitrogens is 1. The molecule has 2 aliphatic rings. The lowest BCUT2D eigenvalue weighted by Gasteiger charge is -2.37. The Hall–Kier alpha value is -1.89. The first-order valence-electron chi connectivity index (χ1n) is 9.53. The Morgan fingerprint density at radius 1 is 1.37 bits per heavy atom. The van der Waals surface area contributed by atoms with Crippen molar-refractivity contribution in [2.45, 2.75) is 38.4 Å². The van der Waals surface area contributed by atoms with Gasteiger partial charge in [0.25, 0.3) is 5.91 Å². The molecule has 1 saturated heterocycles. The van der Waals surface area contributed by atoms with Crippen LogP contribution < -0.4 is 16.0 Å². The first kappa shape index (κ1) is 19.9. The molecule has 1 amide bonds. The summed E-state index contributed by atoms with van der Waals surface area (Å²) in [6, 6.07) is 3.99. The maximum absolute atomic E-state index is 13.0. The Bertz CT molecular complexity index is 695. The van der Waals surface area contributed by atoms with E-state index in [1.54, 1.807) is 18.3 Å². The number of nitrogens with zero attached hydrogens (tertiary/aromatic N) is 2. The number of anilines is 1. The molecule has 1 aromatic rings. The number of pyridine rings is 1. The number of piperidine rings is 1. The molecule has 0 saturated carbocycles. The fourth-order valence-corrected chi connectivity index (χ4v) is 3.57. The van der Waals surface area contributed by atoms with E-state index in [9.17, 15) is 4.79 Å². The minimum atomic E-state index is -0.981. The number of likely N-dealkylation sites (tertiary alicyclic amines) is 1. The van der Waals surface area contributed by atoms with Crippen LogP contribution in [0.4, 0.5) is 5.82 Å². The summed E-state index contributed by atoms with van der Waals surface area (Å²) >= 11 is 5.87. The van der Waals surface area contributed by atoms with Gasteiger partial charge >= 0.3 is 0 Å². The molecule has 3 rings (SSSR count). The lowest BCUT2D eigenvalue weighted by molar-refractivity contribution is -0.121. The molecule has 7 heteroatoms. The number of halogens is 1. The van der Waals surface area contributed by atoms with Crippen LogP contribution in [0.3, 0.4) is 0 Å². The van der Waals surface area contributed by atoms with Gasteiger partial charge in [-0.15, -0.1) is 0 Å². The lowest BCUT2D eigenvalue weighted by Crippen LogP contribution is -2.63. The van der Waals surface area contributed by atoms with Crippen molar-refractivity contribution in [3.05, 3.63) is 47.8 Å². The molecule has 1 fully saturated rings. The van der Waals surface area contributed by atoms with Gasteiger partial charge in [-0.2, -0.15) is 0 Å². The van der Waals surface area contributed by atoms with Gasteiger partial charge in [-0.1, -0.05) is 17.7 Å². The lowest BCUT2D eigenvalue weighted by atomic mass is 9.94. The fourth-order valence-electron chi connectivity index (χ4n) is 3.46. The normalized spacial score (nSPS) is 23.4. The summed E-state index contributed by atoms with van der Waals surface area (Å²) in [5.74, 6) is 0.831. The van der Waals surface area contributed by atoms with Gasteiger partial charge in [-0.3, -0.25) is 10.1 Å². The van der Waals surface area contributed by atoms with E-state index in [0.717, 1.165) is 32.5 Å². The first-order chi connectivity index (χ1) is 13.0. The third-order valence-corrected chi connectivity index (χ3v) is 5.46. The SMILES string of the molecule is CC(C)N1CCC(CNC2(C(=O)Nc3ccc(Cl)cn3)C=CC=CN2)CC1. The predicted molar refractivity (Wildman–Crippen MR) is 109 cm³/mol. The maximum atomic E-state index is 13.0. The van der Waals surface area contributed by atoms with Crippen LogP contribution in [0.5, 0.6) is 0 Å². The number of carbonyl (C=O) groups is 1. The number of amides is 1. The monoisotopic (exact) mass is 389 g/mol. The van der Waals surface area contributed by atoms with Crippen molar-refractivity contribution in [1.29, 1.82) is 0 Å². The highest BCUT2D eigenvalue weighted by atomic mass is 35.5. The molecule has 1 aromatic heterocycles. The molecule has 0 bridgehead atoms. The molecule has 6 nitrogen and oxygen atoms in total. The van der Waals surface area contributed by atoms with Crippen molar-refractivity contribution >= 4 is 23.3 Å². The van der Waals surface area contributed by atoms with Crippen molar-refractivity contribution < 1.29 is 4.79 Å². The van der Waals surface area contributed by atoms with Gasteiger partial charge in [0, 0.05) is 18.8 Å². The van der Waals surface area contributed by atoms with Crippen LogP contribution in [0.2, 0.25) is 5.02 Å². The highest BCUT2D eigenvalue weighted by molar-refractivity contribution is 6.30. The summed E-state index contributed by atoms with van der Waals surface area (Å²) in [5.41, 5.74) is -0.981. The molecule has 3 N–H and O–H groups in total. The Morgan fingerprint density at radius 3 is 2.74 bits per heavy atom. The van der Waals surface area contributed by atoms with Gasteiger partial charge in [-0.25, -0.2) is 4.98 Å². The molecule has 27 heavy (non-hydrogen) atoms. The van der Waals surface area contributed by atoms with Gasteiger partial charge in [0.05, 0.1) is 5.02 Å². The van der Waals surface area contributed by atoms with Crippen molar-refractivity contribution in [3.63, 3.8) is 0 Å². The Labute approximate surface area is 166 Å². The average molecular weight is 390 g/mol. The predicted octanol–water partition coefficient (Wildman–Crippen LogP) is 2.75. The first-order valence-corrected chi connectivity index (χ1v) is 9.90. The number of nitrogens with one attached hydrogen (secondary N) is 3. The van der Waals surface area contributed by atoms with E-state index in [4.69, 9.17) is 11.6 Å². The van der Waals surface area contributed by atoms with Crippen LogP contribution in [0.15, 0.2) is 42.8 Å². The van der Waals surface area contributed by atoms with E-state index >= 15 is 0 Å². The van der Waals surface area contributed by atoms with Gasteiger partial charge in [0.2, 0.25) is 0 Å². The zero-order valence-electron chi connectivity index (χ0n) is 15.9. The second-order valence-corrected chi connectivity index (χ2v) is 7.88. The smallest absolute Gasteiger partial charge is 0.270 e. The van der Waals surface area contributed by atoms with Gasteiger partial charge < -0.3 is 15.5 Å². The van der Waals surface area contributed by atoms with Crippen molar-refractivity contribution in [1.82, 2.24) is 20.5 Å². The summed E-state index contributed by atoms with van der Waals surface area (Å²) in [6.07, 6.45) is 11.2. The van der Waals surface area contributed by atoms with Crippen LogP contribution in [0.1, 0.15) is 26.7 Å². The zero-order valence-corrected chi connectivity index (χ0v) is 16.7. The number of carbonyl (C=O) groups excluding carboxylic acids is 1. The van der Waals surface area contributed by atoms with E-state index in [1.165, 1.54) is 6.20 Å². The zero-order chi connectivity index (χ0) is 19.3. The summed E-state index contributed by atoms with van der Waals surface area (Å²) in [7, 11) is 0. The van der Waals surface area contributed by atoms with Crippen molar-refractivity contribution in [2.75, 3.05) is 25.0 Å². The molecule has 0 aliphatic carbocycles. The Kier molecular flexibility index (Phi) is 6.52. The number of allylic oxidation sites excluding steroid dienone is 2. The molecule has 0 aromatic carbocycles. The second-order valence-electron chi connectivity index (χ2n) is 7.44. The van der Waals surface area contributed by atoms with Gasteiger partial charge in [-0.05, 0) is 76.2 Å².